The van der Waals surface area contributed by atoms with Crippen molar-refractivity contribution in [2.45, 2.75) is 40.2 Å². The van der Waals surface area contributed by atoms with Gasteiger partial charge in [-0.3, -0.25) is 4.79 Å². The smallest absolute Gasteiger partial charge is 0.257 e. The molecule has 3 heterocycles. The quantitative estimate of drug-likeness (QED) is 0.748. The van der Waals surface area contributed by atoms with Crippen molar-refractivity contribution in [1.29, 1.82) is 0 Å². The molecule has 0 aliphatic carbocycles. The molecule has 126 valence electrons. The van der Waals surface area contributed by atoms with Crippen LogP contribution < -0.4 is 11.1 Å². The molecule has 0 atom stereocenters. The van der Waals surface area contributed by atoms with Crippen molar-refractivity contribution in [3.63, 3.8) is 0 Å². The molecule has 3 rings (SSSR count). The summed E-state index contributed by atoms with van der Waals surface area (Å²) < 4.78 is 1.69. The van der Waals surface area contributed by atoms with Gasteiger partial charge in [0.1, 0.15) is 10.6 Å². The summed E-state index contributed by atoms with van der Waals surface area (Å²) >= 11 is 1.25. The second-order valence-electron chi connectivity index (χ2n) is 6.26. The van der Waals surface area contributed by atoms with E-state index in [1.807, 2.05) is 33.8 Å². The topological polar surface area (TPSA) is 111 Å². The first kappa shape index (κ1) is 16.3. The Morgan fingerprint density at radius 2 is 2.00 bits per heavy atom. The lowest BCUT2D eigenvalue weighted by atomic mass is 10.1. The van der Waals surface area contributed by atoms with Crippen molar-refractivity contribution in [3.05, 3.63) is 33.7 Å². The maximum Gasteiger partial charge on any atom is 0.257 e. The number of nitrogens with zero attached hydrogens (tertiary/aromatic N) is 5. The molecule has 3 aromatic heterocycles. The molecular weight excluding hydrogens is 326 g/mol. The second-order valence-corrected chi connectivity index (χ2v) is 7.27. The van der Waals surface area contributed by atoms with Crippen LogP contribution in [0.2, 0.25) is 0 Å². The first-order valence-corrected chi connectivity index (χ1v) is 8.26. The number of nitrogens with one attached hydrogen (secondary N) is 1. The van der Waals surface area contributed by atoms with Crippen molar-refractivity contribution < 1.29 is 4.79 Å². The molecule has 0 fully saturated rings. The molecule has 0 aromatic carbocycles. The number of nitrogen functional groups attached to an aromatic ring is 1. The number of fused-ring (bicyclic) bond motifs is 1. The van der Waals surface area contributed by atoms with Crippen LogP contribution in [0.3, 0.4) is 0 Å². The Morgan fingerprint density at radius 3 is 2.62 bits per heavy atom. The van der Waals surface area contributed by atoms with E-state index in [1.165, 1.54) is 11.3 Å². The average Bonchev–Trinajstić information content (AvgIpc) is 3.02. The van der Waals surface area contributed by atoms with E-state index in [4.69, 9.17) is 5.73 Å². The van der Waals surface area contributed by atoms with E-state index in [1.54, 1.807) is 11.4 Å². The SMILES string of the molecule is Cc1cc(C)n2nc(C)c(C(=O)NC(C)(C)c3nnc(N)s3)c2n1. The number of rotatable bonds is 3. The molecule has 0 aliphatic rings. The monoisotopic (exact) mass is 345 g/mol. The summed E-state index contributed by atoms with van der Waals surface area (Å²) in [6.07, 6.45) is 0. The van der Waals surface area contributed by atoms with E-state index in [-0.39, 0.29) is 5.91 Å². The minimum atomic E-state index is -0.702. The van der Waals surface area contributed by atoms with Gasteiger partial charge >= 0.3 is 0 Å². The fourth-order valence-corrected chi connectivity index (χ4v) is 3.25. The molecule has 0 unspecified atom stereocenters. The summed E-state index contributed by atoms with van der Waals surface area (Å²) in [5.41, 5.74) is 8.35. The van der Waals surface area contributed by atoms with Crippen LogP contribution in [0.4, 0.5) is 5.13 Å². The first-order valence-electron chi connectivity index (χ1n) is 7.44. The van der Waals surface area contributed by atoms with Gasteiger partial charge in [0, 0.05) is 11.4 Å². The number of carbonyl (C=O) groups is 1. The number of nitrogens with two attached hydrogens (primary N) is 1. The standard InChI is InChI=1S/C15H19N7OS/c1-7-6-8(2)22-11(17-7)10(9(3)21-22)12(23)18-15(4,5)13-19-20-14(16)24-13/h6H,1-5H3,(H2,16,20)(H,18,23). The number of aromatic nitrogens is 5. The lowest BCUT2D eigenvalue weighted by Gasteiger charge is -2.23. The molecule has 24 heavy (non-hydrogen) atoms. The molecule has 3 aromatic rings. The molecule has 0 radical (unpaired) electrons. The van der Waals surface area contributed by atoms with Crippen LogP contribution in [0.5, 0.6) is 0 Å². The summed E-state index contributed by atoms with van der Waals surface area (Å²) in [6, 6.07) is 1.93. The highest BCUT2D eigenvalue weighted by Crippen LogP contribution is 2.26. The van der Waals surface area contributed by atoms with E-state index in [0.717, 1.165) is 11.4 Å². The molecule has 0 aliphatic heterocycles. The van der Waals surface area contributed by atoms with Gasteiger partial charge in [-0.1, -0.05) is 11.3 Å². The summed E-state index contributed by atoms with van der Waals surface area (Å²) in [5, 5.41) is 16.3. The molecule has 3 N–H and O–H groups in total. The van der Waals surface area contributed by atoms with E-state index < -0.39 is 5.54 Å². The fourth-order valence-electron chi connectivity index (χ4n) is 2.58. The van der Waals surface area contributed by atoms with Gasteiger partial charge in [0.05, 0.1) is 11.2 Å². The van der Waals surface area contributed by atoms with Crippen molar-refractivity contribution in [2.24, 2.45) is 0 Å². The first-order chi connectivity index (χ1) is 11.2. The Balaban J connectivity index is 2.01. The van der Waals surface area contributed by atoms with Crippen molar-refractivity contribution in [2.75, 3.05) is 5.73 Å². The van der Waals surface area contributed by atoms with Gasteiger partial charge in [-0.2, -0.15) is 5.10 Å². The van der Waals surface area contributed by atoms with E-state index >= 15 is 0 Å². The minimum Gasteiger partial charge on any atom is -0.374 e. The third-order valence-corrected chi connectivity index (χ3v) is 4.77. The lowest BCUT2D eigenvalue weighted by molar-refractivity contribution is 0.0912. The van der Waals surface area contributed by atoms with Crippen LogP contribution in [0, 0.1) is 20.8 Å². The maximum absolute atomic E-state index is 12.9. The molecule has 9 heteroatoms. The van der Waals surface area contributed by atoms with Crippen LogP contribution in [-0.2, 0) is 5.54 Å². The fraction of sp³-hybridized carbons (Fsp3) is 0.400. The Labute approximate surface area is 143 Å². The third-order valence-electron chi connectivity index (χ3n) is 3.70. The van der Waals surface area contributed by atoms with E-state index in [2.05, 4.69) is 25.6 Å². The molecule has 0 saturated heterocycles. The van der Waals surface area contributed by atoms with E-state index in [9.17, 15) is 4.79 Å². The van der Waals surface area contributed by atoms with Gasteiger partial charge in [0.25, 0.3) is 5.91 Å². The molecular formula is C15H19N7OS. The molecule has 0 bridgehead atoms. The van der Waals surface area contributed by atoms with Gasteiger partial charge in [-0.25, -0.2) is 9.50 Å². The van der Waals surface area contributed by atoms with Crippen molar-refractivity contribution in [1.82, 2.24) is 30.1 Å². The van der Waals surface area contributed by atoms with Crippen LogP contribution in [-0.4, -0.2) is 30.7 Å². The molecule has 1 amide bonds. The number of amides is 1. The number of anilines is 1. The minimum absolute atomic E-state index is 0.251. The van der Waals surface area contributed by atoms with Gasteiger partial charge in [0.2, 0.25) is 5.13 Å². The summed E-state index contributed by atoms with van der Waals surface area (Å²) in [5.74, 6) is -0.251. The Bertz CT molecular complexity index is 941. The second kappa shape index (κ2) is 5.52. The number of hydrogen-bond acceptors (Lipinski definition) is 7. The van der Waals surface area contributed by atoms with Crippen molar-refractivity contribution >= 4 is 28.0 Å². The third kappa shape index (κ3) is 2.71. The van der Waals surface area contributed by atoms with E-state index in [0.29, 0.717) is 27.0 Å². The Morgan fingerprint density at radius 1 is 1.29 bits per heavy atom. The summed E-state index contributed by atoms with van der Waals surface area (Å²) in [7, 11) is 0. The average molecular weight is 345 g/mol. The number of carbonyl (C=O) groups excluding carboxylic acids is 1. The van der Waals surface area contributed by atoms with Crippen LogP contribution >= 0.6 is 11.3 Å². The summed E-state index contributed by atoms with van der Waals surface area (Å²) in [4.78, 5) is 17.4. The van der Waals surface area contributed by atoms with Gasteiger partial charge < -0.3 is 11.1 Å². The van der Waals surface area contributed by atoms with Crippen LogP contribution in [0.25, 0.3) is 5.65 Å². The van der Waals surface area contributed by atoms with Gasteiger partial charge in [-0.15, -0.1) is 10.2 Å². The van der Waals surface area contributed by atoms with Crippen molar-refractivity contribution in [3.8, 4) is 0 Å². The number of hydrogen-bond donors (Lipinski definition) is 2. The number of aryl methyl sites for hydroxylation is 3. The zero-order valence-electron chi connectivity index (χ0n) is 14.2. The zero-order chi connectivity index (χ0) is 17.6. The van der Waals surface area contributed by atoms with Gasteiger partial charge in [0.15, 0.2) is 5.65 Å². The largest absolute Gasteiger partial charge is 0.374 e. The molecule has 0 spiro atoms. The highest BCUT2D eigenvalue weighted by molar-refractivity contribution is 7.15. The molecule has 0 saturated carbocycles. The highest BCUT2D eigenvalue weighted by atomic mass is 32.1. The summed E-state index contributed by atoms with van der Waals surface area (Å²) in [6.45, 7) is 9.34. The maximum atomic E-state index is 12.9. The Kier molecular flexibility index (Phi) is 3.75. The normalized spacial score (nSPS) is 11.9. The zero-order valence-corrected chi connectivity index (χ0v) is 15.0. The predicted molar refractivity (Wildman–Crippen MR) is 92.0 cm³/mol. The lowest BCUT2D eigenvalue weighted by Crippen LogP contribution is -2.41. The van der Waals surface area contributed by atoms with Crippen LogP contribution in [0.1, 0.15) is 46.3 Å². The Hall–Kier alpha value is -2.55. The highest BCUT2D eigenvalue weighted by Gasteiger charge is 2.30. The predicted octanol–water partition coefficient (Wildman–Crippen LogP) is 1.75. The van der Waals surface area contributed by atoms with Gasteiger partial charge in [-0.05, 0) is 40.7 Å². The molecule has 8 nitrogen and oxygen atoms in total. The van der Waals surface area contributed by atoms with Crippen LogP contribution in [0.15, 0.2) is 6.07 Å².